The average molecular weight is 497 g/mol. The van der Waals surface area contributed by atoms with Gasteiger partial charge in [-0.3, -0.25) is 4.79 Å². The second kappa shape index (κ2) is 28.0. The lowest BCUT2D eigenvalue weighted by molar-refractivity contribution is -0.142. The molecule has 0 unspecified atom stereocenters. The van der Waals surface area contributed by atoms with E-state index >= 15 is 0 Å². The van der Waals surface area contributed by atoms with E-state index in [2.05, 4.69) is 27.7 Å². The van der Waals surface area contributed by atoms with Crippen molar-refractivity contribution in [1.29, 1.82) is 0 Å². The van der Waals surface area contributed by atoms with Crippen LogP contribution in [0.2, 0.25) is 0 Å². The predicted octanol–water partition coefficient (Wildman–Crippen LogP) is 10.4. The Morgan fingerprint density at radius 1 is 0.571 bits per heavy atom. The first-order chi connectivity index (χ1) is 17.0. The molecule has 0 saturated carbocycles. The van der Waals surface area contributed by atoms with Crippen molar-refractivity contribution >= 4 is 5.97 Å². The van der Waals surface area contributed by atoms with Gasteiger partial charge in [0, 0.05) is 19.6 Å². The van der Waals surface area contributed by atoms with Crippen LogP contribution in [-0.4, -0.2) is 25.8 Å². The van der Waals surface area contributed by atoms with Gasteiger partial charge < -0.3 is 9.47 Å². The molecule has 35 heavy (non-hydrogen) atoms. The molecule has 1 heterocycles. The zero-order chi connectivity index (χ0) is 25.8. The zero-order valence-electron chi connectivity index (χ0n) is 24.6. The minimum atomic E-state index is -0.0255. The van der Waals surface area contributed by atoms with Crippen molar-refractivity contribution < 1.29 is 14.3 Å². The van der Waals surface area contributed by atoms with E-state index in [1.807, 2.05) is 0 Å². The van der Waals surface area contributed by atoms with Gasteiger partial charge in [-0.25, -0.2) is 0 Å². The summed E-state index contributed by atoms with van der Waals surface area (Å²) in [7, 11) is 0. The Hall–Kier alpha value is -0.570. The summed E-state index contributed by atoms with van der Waals surface area (Å²) >= 11 is 0. The summed E-state index contributed by atoms with van der Waals surface area (Å²) in [6, 6.07) is 0. The molecule has 3 nitrogen and oxygen atoms in total. The van der Waals surface area contributed by atoms with Crippen molar-refractivity contribution in [3.63, 3.8) is 0 Å². The van der Waals surface area contributed by atoms with Gasteiger partial charge in [-0.05, 0) is 43.9 Å². The van der Waals surface area contributed by atoms with Gasteiger partial charge in [0.2, 0.25) is 0 Å². The highest BCUT2D eigenvalue weighted by atomic mass is 16.5. The Bertz CT molecular complexity index is 383. The third-order valence-electron chi connectivity index (χ3n) is 6.93. The van der Waals surface area contributed by atoms with E-state index in [1.165, 1.54) is 116 Å². The van der Waals surface area contributed by atoms with Crippen LogP contribution >= 0.6 is 0 Å². The van der Waals surface area contributed by atoms with Crippen LogP contribution in [0.15, 0.2) is 0 Å². The van der Waals surface area contributed by atoms with Crippen LogP contribution in [0.1, 0.15) is 169 Å². The van der Waals surface area contributed by atoms with E-state index in [1.54, 1.807) is 0 Å². The zero-order valence-corrected chi connectivity index (χ0v) is 24.6. The van der Waals surface area contributed by atoms with Crippen molar-refractivity contribution in [2.24, 2.45) is 11.8 Å². The fourth-order valence-electron chi connectivity index (χ4n) is 4.54. The fraction of sp³-hybridized carbons (Fsp3) is 0.969. The molecule has 0 aromatic carbocycles. The summed E-state index contributed by atoms with van der Waals surface area (Å²) < 4.78 is 10.6. The van der Waals surface area contributed by atoms with Gasteiger partial charge in [0.15, 0.2) is 0 Å². The minimum absolute atomic E-state index is 0.0255. The van der Waals surface area contributed by atoms with E-state index in [-0.39, 0.29) is 5.97 Å². The SMILES string of the molecule is CC(C)CCCCCCCCCCOCCCCCCCCCCC(C)C.O=C1CCCCCO1. The minimum Gasteiger partial charge on any atom is -0.466 e. The molecule has 210 valence electrons. The third kappa shape index (κ3) is 31.4. The van der Waals surface area contributed by atoms with E-state index in [0.717, 1.165) is 44.3 Å². The van der Waals surface area contributed by atoms with E-state index in [0.29, 0.717) is 13.0 Å². The first kappa shape index (κ1) is 34.4. The molecule has 0 atom stereocenters. The number of esters is 1. The molecule has 1 aliphatic heterocycles. The highest BCUT2D eigenvalue weighted by molar-refractivity contribution is 5.69. The molecule has 1 aliphatic rings. The second-order valence-corrected chi connectivity index (χ2v) is 11.7. The lowest BCUT2D eigenvalue weighted by Crippen LogP contribution is -2.00. The maximum absolute atomic E-state index is 10.5. The van der Waals surface area contributed by atoms with Crippen LogP contribution in [0.3, 0.4) is 0 Å². The van der Waals surface area contributed by atoms with E-state index in [4.69, 9.17) is 9.47 Å². The van der Waals surface area contributed by atoms with Crippen molar-refractivity contribution in [1.82, 2.24) is 0 Å². The summed E-state index contributed by atoms with van der Waals surface area (Å²) in [6.45, 7) is 11.9. The summed E-state index contributed by atoms with van der Waals surface area (Å²) in [5, 5.41) is 0. The van der Waals surface area contributed by atoms with E-state index < -0.39 is 0 Å². The molecular formula is C32H64O3. The van der Waals surface area contributed by atoms with Crippen LogP contribution in [-0.2, 0) is 14.3 Å². The molecular weight excluding hydrogens is 432 g/mol. The van der Waals surface area contributed by atoms with Crippen LogP contribution in [0.5, 0.6) is 0 Å². The quantitative estimate of drug-likeness (QED) is 0.110. The first-order valence-corrected chi connectivity index (χ1v) is 15.8. The molecule has 3 heteroatoms. The van der Waals surface area contributed by atoms with Crippen molar-refractivity contribution in [2.45, 2.75) is 169 Å². The molecule has 0 aromatic heterocycles. The number of ether oxygens (including phenoxy) is 2. The Morgan fingerprint density at radius 3 is 1.40 bits per heavy atom. The maximum atomic E-state index is 10.5. The van der Waals surface area contributed by atoms with Crippen molar-refractivity contribution in [3.8, 4) is 0 Å². The molecule has 1 fully saturated rings. The summed E-state index contributed by atoms with van der Waals surface area (Å²) in [6.07, 6.45) is 29.1. The Kier molecular flexibility index (Phi) is 27.6. The van der Waals surface area contributed by atoms with Crippen LogP contribution < -0.4 is 0 Å². The van der Waals surface area contributed by atoms with Gasteiger partial charge in [-0.1, -0.05) is 130 Å². The predicted molar refractivity (Wildman–Crippen MR) is 153 cm³/mol. The van der Waals surface area contributed by atoms with Gasteiger partial charge in [-0.2, -0.15) is 0 Å². The number of cyclic esters (lactones) is 1. The third-order valence-corrected chi connectivity index (χ3v) is 6.93. The van der Waals surface area contributed by atoms with Gasteiger partial charge in [0.25, 0.3) is 0 Å². The summed E-state index contributed by atoms with van der Waals surface area (Å²) in [5.41, 5.74) is 0. The lowest BCUT2D eigenvalue weighted by atomic mass is 10.0. The highest BCUT2D eigenvalue weighted by Gasteiger charge is 2.05. The van der Waals surface area contributed by atoms with Crippen LogP contribution in [0.4, 0.5) is 0 Å². The smallest absolute Gasteiger partial charge is 0.305 e. The average Bonchev–Trinajstić information content (AvgIpc) is 3.07. The standard InChI is InChI=1S/C26H54O.C6H10O2/c1-25(2)21-17-13-9-5-7-11-15-19-23-27-24-20-16-12-8-6-10-14-18-22-26(3)4;7-6-4-2-1-3-5-8-6/h25-26H,5-24H2,1-4H3;1-5H2. The number of rotatable bonds is 22. The Balaban J connectivity index is 0.00000121. The molecule has 1 saturated heterocycles. The molecule has 0 aromatic rings. The monoisotopic (exact) mass is 496 g/mol. The first-order valence-electron chi connectivity index (χ1n) is 15.8. The molecule has 0 amide bonds. The molecule has 1 rings (SSSR count). The van der Waals surface area contributed by atoms with Crippen molar-refractivity contribution in [2.75, 3.05) is 19.8 Å². The van der Waals surface area contributed by atoms with E-state index in [9.17, 15) is 4.79 Å². The number of carbonyl (C=O) groups is 1. The van der Waals surface area contributed by atoms with Gasteiger partial charge in [-0.15, -0.1) is 0 Å². The molecule has 0 radical (unpaired) electrons. The van der Waals surface area contributed by atoms with Gasteiger partial charge in [0.1, 0.15) is 0 Å². The molecule has 0 spiro atoms. The Labute approximate surface area is 220 Å². The number of carbonyl (C=O) groups excluding carboxylic acids is 1. The maximum Gasteiger partial charge on any atom is 0.305 e. The molecule has 0 N–H and O–H groups in total. The summed E-state index contributed by atoms with van der Waals surface area (Å²) in [4.78, 5) is 10.5. The van der Waals surface area contributed by atoms with Crippen LogP contribution in [0, 0.1) is 11.8 Å². The largest absolute Gasteiger partial charge is 0.466 e. The normalized spacial score (nSPS) is 14.1. The second-order valence-electron chi connectivity index (χ2n) is 11.7. The van der Waals surface area contributed by atoms with Gasteiger partial charge >= 0.3 is 5.97 Å². The Morgan fingerprint density at radius 2 is 0.971 bits per heavy atom. The number of hydrogen-bond acceptors (Lipinski definition) is 3. The molecule has 0 aliphatic carbocycles. The lowest BCUT2D eigenvalue weighted by Gasteiger charge is -2.06. The summed E-state index contributed by atoms with van der Waals surface area (Å²) in [5.74, 6) is 1.74. The van der Waals surface area contributed by atoms with Crippen molar-refractivity contribution in [3.05, 3.63) is 0 Å². The topological polar surface area (TPSA) is 35.5 Å². The van der Waals surface area contributed by atoms with Gasteiger partial charge in [0.05, 0.1) is 6.61 Å². The number of hydrogen-bond donors (Lipinski definition) is 0. The number of unbranched alkanes of at least 4 members (excludes halogenated alkanes) is 14. The molecule has 0 bridgehead atoms. The highest BCUT2D eigenvalue weighted by Crippen LogP contribution is 2.14. The fourth-order valence-corrected chi connectivity index (χ4v) is 4.54. The van der Waals surface area contributed by atoms with Crippen LogP contribution in [0.25, 0.3) is 0 Å².